The minimum atomic E-state index is -5.20. The molecule has 2 aromatic rings. The number of methoxy groups -OCH3 is 3. The molecule has 0 aliphatic rings. The highest BCUT2D eigenvalue weighted by molar-refractivity contribution is 5.84. The molecule has 0 fully saturated rings. The highest BCUT2D eigenvalue weighted by Gasteiger charge is 2.65. The van der Waals surface area contributed by atoms with Gasteiger partial charge < -0.3 is 23.7 Å². The quantitative estimate of drug-likeness (QED) is 0.0320. The molecule has 2 aromatic carbocycles. The van der Waals surface area contributed by atoms with Crippen LogP contribution in [0.1, 0.15) is 43.7 Å². The van der Waals surface area contributed by atoms with Crippen LogP contribution in [0.15, 0.2) is 97.1 Å². The van der Waals surface area contributed by atoms with Crippen molar-refractivity contribution in [3.05, 3.63) is 108 Å². The van der Waals surface area contributed by atoms with Crippen molar-refractivity contribution in [1.82, 2.24) is 0 Å². The Hall–Kier alpha value is -4.43. The van der Waals surface area contributed by atoms with Gasteiger partial charge in [-0.25, -0.2) is 14.4 Å². The van der Waals surface area contributed by atoms with Crippen molar-refractivity contribution in [2.24, 2.45) is 0 Å². The first kappa shape index (κ1) is 40.7. The van der Waals surface area contributed by atoms with Crippen molar-refractivity contribution < 1.29 is 64.4 Å². The summed E-state index contributed by atoms with van der Waals surface area (Å²) < 4.78 is 110. The van der Waals surface area contributed by atoms with Crippen LogP contribution in [0.5, 0.6) is 0 Å². The molecule has 0 amide bonds. The molecule has 8 nitrogen and oxygen atoms in total. The Bertz CT molecular complexity index is 1440. The summed E-state index contributed by atoms with van der Waals surface area (Å²) >= 11 is 0. The van der Waals surface area contributed by atoms with Crippen molar-refractivity contribution >= 4 is 17.9 Å². The molecule has 4 atom stereocenters. The van der Waals surface area contributed by atoms with Gasteiger partial charge in [-0.2, -0.15) is 26.3 Å². The Balaban J connectivity index is 2.12. The molecular formula is C35H38F6O8. The first-order valence-electron chi connectivity index (χ1n) is 15.0. The number of unbranched alkanes of at least 4 members (excludes halogenated alkanes) is 1. The summed E-state index contributed by atoms with van der Waals surface area (Å²) in [7, 11) is 2.66. The second-order valence-electron chi connectivity index (χ2n) is 10.6. The van der Waals surface area contributed by atoms with E-state index in [1.807, 2.05) is 0 Å². The second kappa shape index (κ2) is 18.4. The zero-order valence-corrected chi connectivity index (χ0v) is 27.3. The number of ether oxygens (including phenoxy) is 5. The summed E-state index contributed by atoms with van der Waals surface area (Å²) in [4.78, 5) is 37.3. The maximum atomic E-state index is 14.3. The van der Waals surface area contributed by atoms with Crippen LogP contribution in [0.4, 0.5) is 26.3 Å². The van der Waals surface area contributed by atoms with Crippen LogP contribution in [0.25, 0.3) is 0 Å². The Morgan fingerprint density at radius 2 is 1.20 bits per heavy atom. The monoisotopic (exact) mass is 700 g/mol. The van der Waals surface area contributed by atoms with Gasteiger partial charge in [-0.3, -0.25) is 0 Å². The number of hydrogen-bond acceptors (Lipinski definition) is 8. The Labute approximate surface area is 280 Å². The SMILES string of the molecule is COC(=O)/C=C/C=C/[C@H](C/C=C/CCC[C@@H](C)OC(=O)[C@@](OC)(c1ccccc1)C(F)(F)F)OC(=O)[C@@](OC)(c1ccccc1)C(F)(F)F. The van der Waals surface area contributed by atoms with E-state index in [-0.39, 0.29) is 12.8 Å². The first-order chi connectivity index (χ1) is 23.1. The average molecular weight is 701 g/mol. The van der Waals surface area contributed by atoms with Crippen LogP contribution in [0.3, 0.4) is 0 Å². The van der Waals surface area contributed by atoms with E-state index in [2.05, 4.69) is 4.74 Å². The minimum Gasteiger partial charge on any atom is -0.466 e. The molecule has 2 rings (SSSR count). The number of alkyl halides is 6. The van der Waals surface area contributed by atoms with Gasteiger partial charge in [0.05, 0.1) is 13.2 Å². The van der Waals surface area contributed by atoms with Gasteiger partial charge in [0.15, 0.2) is 0 Å². The predicted octanol–water partition coefficient (Wildman–Crippen LogP) is 7.44. The molecule has 0 N–H and O–H groups in total. The lowest BCUT2D eigenvalue weighted by atomic mass is 9.92. The van der Waals surface area contributed by atoms with Crippen molar-refractivity contribution in [3.8, 4) is 0 Å². The summed E-state index contributed by atoms with van der Waals surface area (Å²) in [5.41, 5.74) is -7.67. The molecule has 0 spiro atoms. The van der Waals surface area contributed by atoms with Gasteiger partial charge in [0.1, 0.15) is 6.10 Å². The van der Waals surface area contributed by atoms with E-state index in [1.54, 1.807) is 6.08 Å². The summed E-state index contributed by atoms with van der Waals surface area (Å²) in [5, 5.41) is 0. The van der Waals surface area contributed by atoms with Crippen LogP contribution >= 0.6 is 0 Å². The van der Waals surface area contributed by atoms with Gasteiger partial charge in [-0.1, -0.05) is 85.0 Å². The van der Waals surface area contributed by atoms with Gasteiger partial charge in [-0.15, -0.1) is 0 Å². The van der Waals surface area contributed by atoms with Crippen LogP contribution in [0.2, 0.25) is 0 Å². The maximum absolute atomic E-state index is 14.3. The van der Waals surface area contributed by atoms with E-state index in [0.29, 0.717) is 12.8 Å². The van der Waals surface area contributed by atoms with Gasteiger partial charge >= 0.3 is 30.3 Å². The summed E-state index contributed by atoms with van der Waals surface area (Å²) in [6.07, 6.45) is -3.73. The van der Waals surface area contributed by atoms with E-state index in [4.69, 9.17) is 18.9 Å². The molecule has 0 unspecified atom stereocenters. The van der Waals surface area contributed by atoms with Crippen LogP contribution in [0, 0.1) is 0 Å². The third kappa shape index (κ3) is 10.3. The maximum Gasteiger partial charge on any atom is 0.432 e. The fraction of sp³-hybridized carbons (Fsp3) is 0.400. The second-order valence-corrected chi connectivity index (χ2v) is 10.6. The molecule has 268 valence electrons. The fourth-order valence-electron chi connectivity index (χ4n) is 4.75. The van der Waals surface area contributed by atoms with Crippen molar-refractivity contribution in [2.75, 3.05) is 21.3 Å². The highest BCUT2D eigenvalue weighted by Crippen LogP contribution is 2.44. The van der Waals surface area contributed by atoms with Crippen molar-refractivity contribution in [2.45, 2.75) is 68.4 Å². The number of esters is 3. The molecule has 0 heterocycles. The van der Waals surface area contributed by atoms with Crippen LogP contribution in [-0.4, -0.2) is 63.8 Å². The number of halogens is 6. The lowest BCUT2D eigenvalue weighted by Crippen LogP contribution is -2.52. The number of carbonyl (C=O) groups is 3. The van der Waals surface area contributed by atoms with E-state index < -0.39 is 64.8 Å². The molecule has 0 aliphatic heterocycles. The third-order valence-corrected chi connectivity index (χ3v) is 7.30. The lowest BCUT2D eigenvalue weighted by molar-refractivity contribution is -0.278. The third-order valence-electron chi connectivity index (χ3n) is 7.30. The first-order valence-corrected chi connectivity index (χ1v) is 15.0. The highest BCUT2D eigenvalue weighted by atomic mass is 19.4. The largest absolute Gasteiger partial charge is 0.466 e. The molecule has 0 saturated heterocycles. The lowest BCUT2D eigenvalue weighted by Gasteiger charge is -2.33. The molecule has 0 aliphatic carbocycles. The number of allylic oxidation sites excluding steroid dienone is 3. The van der Waals surface area contributed by atoms with E-state index in [9.17, 15) is 40.7 Å². The number of benzene rings is 2. The normalized spacial score (nSPS) is 16.2. The topological polar surface area (TPSA) is 97.4 Å². The zero-order chi connectivity index (χ0) is 36.7. The summed E-state index contributed by atoms with van der Waals surface area (Å²) in [6.45, 7) is 1.43. The average Bonchev–Trinajstić information content (AvgIpc) is 3.05. The van der Waals surface area contributed by atoms with Gasteiger partial charge in [0, 0.05) is 37.8 Å². The Morgan fingerprint density at radius 1 is 0.714 bits per heavy atom. The smallest absolute Gasteiger partial charge is 0.432 e. The molecule has 49 heavy (non-hydrogen) atoms. The Morgan fingerprint density at radius 3 is 1.65 bits per heavy atom. The van der Waals surface area contributed by atoms with Gasteiger partial charge in [0.2, 0.25) is 0 Å². The molecule has 14 heteroatoms. The van der Waals surface area contributed by atoms with Gasteiger partial charge in [-0.05, 0) is 32.3 Å². The summed E-state index contributed by atoms with van der Waals surface area (Å²) in [6, 6.07) is 12.7. The number of hydrogen-bond donors (Lipinski definition) is 0. The number of rotatable bonds is 17. The Kier molecular flexibility index (Phi) is 15.3. The van der Waals surface area contributed by atoms with Crippen LogP contribution in [-0.2, 0) is 49.3 Å². The molecule has 0 saturated carbocycles. The van der Waals surface area contributed by atoms with Crippen molar-refractivity contribution in [3.63, 3.8) is 0 Å². The van der Waals surface area contributed by atoms with E-state index >= 15 is 0 Å². The summed E-state index contributed by atoms with van der Waals surface area (Å²) in [5.74, 6) is -4.02. The molecule has 0 aromatic heterocycles. The van der Waals surface area contributed by atoms with Crippen molar-refractivity contribution in [1.29, 1.82) is 0 Å². The van der Waals surface area contributed by atoms with Crippen LogP contribution < -0.4 is 0 Å². The predicted molar refractivity (Wildman–Crippen MR) is 166 cm³/mol. The molecule has 0 bridgehead atoms. The zero-order valence-electron chi connectivity index (χ0n) is 27.3. The van der Waals surface area contributed by atoms with E-state index in [1.165, 1.54) is 67.6 Å². The fourth-order valence-corrected chi connectivity index (χ4v) is 4.75. The minimum absolute atomic E-state index is 0.0930. The standard InChI is InChI=1S/C35H38F6O8/c1-25(48-30(43)32(46-3,34(36,37)38)26-18-10-7-11-19-26)17-9-5-6-14-22-28(23-15-16-24-29(42)45-2)49-31(44)33(47-4,35(39,40)41)27-20-12-8-13-21-27/h6-8,10-16,18-21,23-25,28H,5,9,17,22H2,1-4H3/b14-6+,23-15+,24-16+/t25-,28+,32+,33+/m1/s1. The number of carbonyl (C=O) groups excluding carboxylic acids is 3. The molecular weight excluding hydrogens is 662 g/mol. The van der Waals surface area contributed by atoms with Gasteiger partial charge in [0.25, 0.3) is 11.2 Å². The van der Waals surface area contributed by atoms with E-state index in [0.717, 1.165) is 51.7 Å². The molecule has 0 radical (unpaired) electrons.